The summed E-state index contributed by atoms with van der Waals surface area (Å²) in [6, 6.07) is 1.49. The van der Waals surface area contributed by atoms with Crippen LogP contribution < -0.4 is 10.3 Å². The van der Waals surface area contributed by atoms with Crippen molar-refractivity contribution in [3.8, 4) is 10.9 Å². The Bertz CT molecular complexity index is 788. The molecule has 0 aliphatic rings. The highest BCUT2D eigenvalue weighted by molar-refractivity contribution is 7.18. The van der Waals surface area contributed by atoms with Crippen LogP contribution in [0.15, 0.2) is 23.3 Å². The van der Waals surface area contributed by atoms with E-state index in [9.17, 15) is 4.79 Å². The summed E-state index contributed by atoms with van der Waals surface area (Å²) in [5.41, 5.74) is 0.556. The predicted molar refractivity (Wildman–Crippen MR) is 69.8 cm³/mol. The van der Waals surface area contributed by atoms with Gasteiger partial charge in [0.15, 0.2) is 5.75 Å². The molecular formula is C11H11N5O2S. The molecule has 7 nitrogen and oxygen atoms in total. The van der Waals surface area contributed by atoms with Crippen LogP contribution in [0.1, 0.15) is 12.6 Å². The van der Waals surface area contributed by atoms with E-state index in [1.165, 1.54) is 21.9 Å². The van der Waals surface area contributed by atoms with E-state index in [1.54, 1.807) is 24.1 Å². The summed E-state index contributed by atoms with van der Waals surface area (Å²) in [6.07, 6.45) is 4.02. The molecule has 0 bridgehead atoms. The molecule has 0 saturated heterocycles. The lowest BCUT2D eigenvalue weighted by Crippen LogP contribution is -2.14. The summed E-state index contributed by atoms with van der Waals surface area (Å²) in [5.74, 6) is 0.574. The SMILES string of the molecule is CCc1cc(=O)n2nc(Oc3cnn(C)c3)sc2n1. The van der Waals surface area contributed by atoms with Gasteiger partial charge in [-0.3, -0.25) is 9.48 Å². The van der Waals surface area contributed by atoms with Crippen LogP contribution in [-0.2, 0) is 13.5 Å². The van der Waals surface area contributed by atoms with E-state index < -0.39 is 0 Å². The van der Waals surface area contributed by atoms with Crippen LogP contribution in [0.2, 0.25) is 0 Å². The zero-order valence-corrected chi connectivity index (χ0v) is 11.2. The van der Waals surface area contributed by atoms with Crippen LogP contribution >= 0.6 is 11.3 Å². The third-order valence-electron chi connectivity index (χ3n) is 2.53. The second-order valence-electron chi connectivity index (χ2n) is 3.95. The third-order valence-corrected chi connectivity index (χ3v) is 3.31. The lowest BCUT2D eigenvalue weighted by Gasteiger charge is -1.93. The van der Waals surface area contributed by atoms with Crippen molar-refractivity contribution in [2.45, 2.75) is 13.3 Å². The minimum Gasteiger partial charge on any atom is -0.426 e. The Morgan fingerprint density at radius 2 is 2.32 bits per heavy atom. The van der Waals surface area contributed by atoms with Crippen molar-refractivity contribution in [3.63, 3.8) is 0 Å². The lowest BCUT2D eigenvalue weighted by atomic mass is 10.3. The number of aryl methyl sites for hydroxylation is 2. The van der Waals surface area contributed by atoms with Gasteiger partial charge in [0.25, 0.3) is 10.8 Å². The smallest absolute Gasteiger partial charge is 0.300 e. The quantitative estimate of drug-likeness (QED) is 0.720. The second kappa shape index (κ2) is 4.47. The highest BCUT2D eigenvalue weighted by Crippen LogP contribution is 2.24. The molecule has 19 heavy (non-hydrogen) atoms. The molecule has 0 aliphatic carbocycles. The number of hydrogen-bond acceptors (Lipinski definition) is 6. The minimum absolute atomic E-state index is 0.195. The molecule has 98 valence electrons. The van der Waals surface area contributed by atoms with E-state index in [-0.39, 0.29) is 5.56 Å². The van der Waals surface area contributed by atoms with Crippen molar-refractivity contribution in [1.29, 1.82) is 0 Å². The van der Waals surface area contributed by atoms with Gasteiger partial charge in [-0.25, -0.2) is 4.98 Å². The Kier molecular flexibility index (Phi) is 2.79. The van der Waals surface area contributed by atoms with E-state index in [2.05, 4.69) is 15.2 Å². The average molecular weight is 277 g/mol. The van der Waals surface area contributed by atoms with E-state index in [4.69, 9.17) is 4.74 Å². The van der Waals surface area contributed by atoms with Crippen molar-refractivity contribution >= 4 is 16.3 Å². The Hall–Kier alpha value is -2.22. The molecule has 0 spiro atoms. The number of aromatic nitrogens is 5. The molecule has 0 N–H and O–H groups in total. The summed E-state index contributed by atoms with van der Waals surface area (Å²) < 4.78 is 8.41. The van der Waals surface area contributed by atoms with Gasteiger partial charge in [0.1, 0.15) is 0 Å². The van der Waals surface area contributed by atoms with Gasteiger partial charge in [0, 0.05) is 18.8 Å². The van der Waals surface area contributed by atoms with Gasteiger partial charge in [-0.15, -0.1) is 5.10 Å². The van der Waals surface area contributed by atoms with E-state index in [0.717, 1.165) is 5.69 Å². The van der Waals surface area contributed by atoms with E-state index in [1.807, 2.05) is 6.92 Å². The van der Waals surface area contributed by atoms with Crippen molar-refractivity contribution < 1.29 is 4.74 Å². The molecule has 0 saturated carbocycles. The zero-order valence-electron chi connectivity index (χ0n) is 10.4. The molecule has 8 heteroatoms. The van der Waals surface area contributed by atoms with Gasteiger partial charge in [-0.1, -0.05) is 6.92 Å². The number of rotatable bonds is 3. The Balaban J connectivity index is 2.01. The molecule has 0 fully saturated rings. The molecule has 0 aliphatic heterocycles. The van der Waals surface area contributed by atoms with Gasteiger partial charge >= 0.3 is 0 Å². The molecule has 3 heterocycles. The van der Waals surface area contributed by atoms with Gasteiger partial charge in [0.05, 0.1) is 12.4 Å². The number of hydrogen-bond donors (Lipinski definition) is 0. The maximum absolute atomic E-state index is 11.8. The minimum atomic E-state index is -0.195. The third kappa shape index (κ3) is 2.22. The Labute approximate surface area is 112 Å². The number of fused-ring (bicyclic) bond motifs is 1. The Morgan fingerprint density at radius 3 is 3.00 bits per heavy atom. The topological polar surface area (TPSA) is 74.3 Å². The molecule has 3 aromatic heterocycles. The average Bonchev–Trinajstić information content (AvgIpc) is 2.96. The maximum Gasteiger partial charge on any atom is 0.300 e. The van der Waals surface area contributed by atoms with Crippen molar-refractivity contribution in [3.05, 3.63) is 34.5 Å². The van der Waals surface area contributed by atoms with Crippen molar-refractivity contribution in [2.24, 2.45) is 7.05 Å². The Morgan fingerprint density at radius 1 is 1.47 bits per heavy atom. The molecule has 3 rings (SSSR count). The molecule has 3 aromatic rings. The molecule has 0 radical (unpaired) electrons. The largest absolute Gasteiger partial charge is 0.426 e. The van der Waals surface area contributed by atoms with Gasteiger partial charge in [-0.05, 0) is 17.8 Å². The molecule has 0 unspecified atom stereocenters. The van der Waals surface area contributed by atoms with Crippen LogP contribution in [0.3, 0.4) is 0 Å². The zero-order chi connectivity index (χ0) is 13.4. The normalized spacial score (nSPS) is 11.1. The fourth-order valence-electron chi connectivity index (χ4n) is 1.61. The van der Waals surface area contributed by atoms with Gasteiger partial charge < -0.3 is 4.74 Å². The van der Waals surface area contributed by atoms with Crippen LogP contribution in [0.4, 0.5) is 0 Å². The van der Waals surface area contributed by atoms with Crippen LogP contribution in [0.25, 0.3) is 4.96 Å². The number of nitrogens with zero attached hydrogens (tertiary/aromatic N) is 5. The lowest BCUT2D eigenvalue weighted by molar-refractivity contribution is 0.469. The summed E-state index contributed by atoms with van der Waals surface area (Å²) in [4.78, 5) is 16.7. The van der Waals surface area contributed by atoms with Crippen molar-refractivity contribution in [1.82, 2.24) is 24.4 Å². The van der Waals surface area contributed by atoms with E-state index in [0.29, 0.717) is 22.3 Å². The van der Waals surface area contributed by atoms with Crippen LogP contribution in [0, 0.1) is 0 Å². The van der Waals surface area contributed by atoms with Crippen LogP contribution in [0.5, 0.6) is 10.9 Å². The first-order chi connectivity index (χ1) is 9.15. The highest BCUT2D eigenvalue weighted by Gasteiger charge is 2.10. The molecule has 0 amide bonds. The summed E-state index contributed by atoms with van der Waals surface area (Å²) in [5, 5.41) is 8.46. The predicted octanol–water partition coefficient (Wildman–Crippen LogP) is 1.24. The number of ether oxygens (including phenoxy) is 1. The first kappa shape index (κ1) is 11.8. The van der Waals surface area contributed by atoms with Crippen molar-refractivity contribution in [2.75, 3.05) is 0 Å². The summed E-state index contributed by atoms with van der Waals surface area (Å²) in [7, 11) is 1.80. The summed E-state index contributed by atoms with van der Waals surface area (Å²) >= 11 is 1.23. The maximum atomic E-state index is 11.8. The summed E-state index contributed by atoms with van der Waals surface area (Å²) in [6.45, 7) is 1.95. The fourth-order valence-corrected chi connectivity index (χ4v) is 2.41. The van der Waals surface area contributed by atoms with Gasteiger partial charge in [-0.2, -0.15) is 9.61 Å². The first-order valence-corrected chi connectivity index (χ1v) is 6.53. The standard InChI is InChI=1S/C11H11N5O2S/c1-3-7-4-9(17)16-10(13-7)19-11(14-16)18-8-5-12-15(2)6-8/h4-6H,3H2,1-2H3. The first-order valence-electron chi connectivity index (χ1n) is 5.72. The highest BCUT2D eigenvalue weighted by atomic mass is 32.1. The van der Waals surface area contributed by atoms with Crippen LogP contribution in [-0.4, -0.2) is 24.4 Å². The molecule has 0 aromatic carbocycles. The van der Waals surface area contributed by atoms with Gasteiger partial charge in [0.2, 0.25) is 4.96 Å². The fraction of sp³-hybridized carbons (Fsp3) is 0.273. The van der Waals surface area contributed by atoms with E-state index >= 15 is 0 Å². The molecular weight excluding hydrogens is 266 g/mol. The monoisotopic (exact) mass is 277 g/mol. The molecule has 0 atom stereocenters. The second-order valence-corrected chi connectivity index (χ2v) is 4.87.